The number of nitrogens with zero attached hydrogens (tertiary/aromatic N) is 1. The van der Waals surface area contributed by atoms with E-state index in [1.54, 1.807) is 17.0 Å². The average molecular weight is 282 g/mol. The van der Waals surface area contributed by atoms with Crippen LogP contribution in [0.5, 0.6) is 0 Å². The molecular formula is C14H19FN2O3. The van der Waals surface area contributed by atoms with E-state index in [0.717, 1.165) is 0 Å². The van der Waals surface area contributed by atoms with Crippen molar-refractivity contribution in [1.29, 1.82) is 0 Å². The predicted octanol–water partition coefficient (Wildman–Crippen LogP) is 0.439. The zero-order valence-electron chi connectivity index (χ0n) is 11.1. The number of hydrogen-bond acceptors (Lipinski definition) is 4. The van der Waals surface area contributed by atoms with Crippen LogP contribution >= 0.6 is 0 Å². The minimum atomic E-state index is -0.677. The number of rotatable bonds is 4. The number of nitrogens with one attached hydrogen (secondary N) is 1. The molecule has 0 unspecified atom stereocenters. The molecule has 2 rings (SSSR count). The van der Waals surface area contributed by atoms with Gasteiger partial charge in [0, 0.05) is 31.3 Å². The second-order valence-electron chi connectivity index (χ2n) is 5.00. The van der Waals surface area contributed by atoms with Crippen LogP contribution < -0.4 is 5.32 Å². The molecule has 1 aromatic rings. The molecule has 0 aliphatic carbocycles. The van der Waals surface area contributed by atoms with Crippen molar-refractivity contribution in [3.63, 3.8) is 0 Å². The van der Waals surface area contributed by atoms with Gasteiger partial charge in [-0.2, -0.15) is 0 Å². The number of carbonyl (C=O) groups is 1. The highest BCUT2D eigenvalue weighted by atomic mass is 19.1. The van der Waals surface area contributed by atoms with Gasteiger partial charge in [-0.15, -0.1) is 0 Å². The van der Waals surface area contributed by atoms with E-state index in [-0.39, 0.29) is 37.3 Å². The topological polar surface area (TPSA) is 72.8 Å². The lowest BCUT2D eigenvalue weighted by Gasteiger charge is -2.35. The second kappa shape index (κ2) is 6.67. The van der Waals surface area contributed by atoms with Gasteiger partial charge in [0.15, 0.2) is 0 Å². The van der Waals surface area contributed by atoms with Crippen LogP contribution in [0.4, 0.5) is 10.1 Å². The zero-order valence-corrected chi connectivity index (χ0v) is 11.1. The van der Waals surface area contributed by atoms with Crippen molar-refractivity contribution < 1.29 is 19.4 Å². The Morgan fingerprint density at radius 1 is 1.40 bits per heavy atom. The van der Waals surface area contributed by atoms with E-state index in [2.05, 4.69) is 5.32 Å². The van der Waals surface area contributed by atoms with E-state index in [1.165, 1.54) is 12.1 Å². The van der Waals surface area contributed by atoms with Gasteiger partial charge in [-0.3, -0.25) is 4.79 Å². The summed E-state index contributed by atoms with van der Waals surface area (Å²) >= 11 is 0. The van der Waals surface area contributed by atoms with E-state index < -0.39 is 6.10 Å². The molecule has 0 radical (unpaired) electrons. The number of hydrogen-bond donors (Lipinski definition) is 3. The SMILES string of the molecule is O=C(CNc1ccc(F)cc1)N1CC[C@H](CO)[C@H](O)C1. The molecular weight excluding hydrogens is 263 g/mol. The van der Waals surface area contributed by atoms with Crippen LogP contribution in [0, 0.1) is 11.7 Å². The summed E-state index contributed by atoms with van der Waals surface area (Å²) in [6.07, 6.45) is -0.0801. The number of amides is 1. The van der Waals surface area contributed by atoms with Gasteiger partial charge in [-0.05, 0) is 30.7 Å². The highest BCUT2D eigenvalue weighted by Crippen LogP contribution is 2.17. The fourth-order valence-electron chi connectivity index (χ4n) is 2.28. The Bertz CT molecular complexity index is 452. The molecule has 2 atom stereocenters. The highest BCUT2D eigenvalue weighted by molar-refractivity contribution is 5.81. The Hall–Kier alpha value is -1.66. The number of anilines is 1. The lowest BCUT2D eigenvalue weighted by Crippen LogP contribution is -2.49. The number of benzene rings is 1. The predicted molar refractivity (Wildman–Crippen MR) is 72.7 cm³/mol. The van der Waals surface area contributed by atoms with E-state index >= 15 is 0 Å². The molecule has 0 spiro atoms. The molecule has 20 heavy (non-hydrogen) atoms. The molecule has 0 bridgehead atoms. The van der Waals surface area contributed by atoms with Crippen LogP contribution in [-0.4, -0.2) is 53.4 Å². The molecule has 6 heteroatoms. The fourth-order valence-corrected chi connectivity index (χ4v) is 2.28. The van der Waals surface area contributed by atoms with Crippen molar-refractivity contribution in [2.24, 2.45) is 5.92 Å². The summed E-state index contributed by atoms with van der Waals surface area (Å²) in [7, 11) is 0. The average Bonchev–Trinajstić information content (AvgIpc) is 2.46. The first kappa shape index (κ1) is 14.7. The zero-order chi connectivity index (χ0) is 14.5. The molecule has 1 amide bonds. The monoisotopic (exact) mass is 282 g/mol. The first-order chi connectivity index (χ1) is 9.60. The number of aliphatic hydroxyl groups excluding tert-OH is 2. The van der Waals surface area contributed by atoms with Gasteiger partial charge in [0.25, 0.3) is 0 Å². The van der Waals surface area contributed by atoms with Crippen molar-refractivity contribution in [3.8, 4) is 0 Å². The van der Waals surface area contributed by atoms with Gasteiger partial charge in [0.1, 0.15) is 5.82 Å². The van der Waals surface area contributed by atoms with Crippen LogP contribution in [0.2, 0.25) is 0 Å². The van der Waals surface area contributed by atoms with Crippen LogP contribution in [0.1, 0.15) is 6.42 Å². The van der Waals surface area contributed by atoms with Gasteiger partial charge >= 0.3 is 0 Å². The molecule has 1 saturated heterocycles. The van der Waals surface area contributed by atoms with Crippen molar-refractivity contribution in [1.82, 2.24) is 4.90 Å². The number of aliphatic hydroxyl groups is 2. The number of likely N-dealkylation sites (tertiary alicyclic amines) is 1. The molecule has 1 aliphatic heterocycles. The number of β-amino-alcohol motifs (C(OH)–C–C–N with tert-alkyl or cyclic N) is 1. The summed E-state index contributed by atoms with van der Waals surface area (Å²) in [6, 6.07) is 5.78. The van der Waals surface area contributed by atoms with Crippen molar-refractivity contribution in [2.75, 3.05) is 31.6 Å². The Morgan fingerprint density at radius 2 is 2.10 bits per heavy atom. The molecule has 3 N–H and O–H groups in total. The number of halogens is 1. The van der Waals surface area contributed by atoms with Crippen LogP contribution in [0.3, 0.4) is 0 Å². The van der Waals surface area contributed by atoms with Crippen LogP contribution in [-0.2, 0) is 4.79 Å². The standard InChI is InChI=1S/C14H19FN2O3/c15-11-1-3-12(4-2-11)16-7-14(20)17-6-5-10(9-18)13(19)8-17/h1-4,10,13,16,18-19H,5-9H2/t10-,13-/m1/s1. The molecule has 1 fully saturated rings. The van der Waals surface area contributed by atoms with Gasteiger partial charge in [0.2, 0.25) is 5.91 Å². The van der Waals surface area contributed by atoms with Gasteiger partial charge in [-0.1, -0.05) is 0 Å². The van der Waals surface area contributed by atoms with Crippen molar-refractivity contribution >= 4 is 11.6 Å². The maximum absolute atomic E-state index is 12.7. The van der Waals surface area contributed by atoms with Crippen LogP contribution in [0.25, 0.3) is 0 Å². The van der Waals surface area contributed by atoms with E-state index in [4.69, 9.17) is 5.11 Å². The molecule has 1 aromatic carbocycles. The maximum Gasteiger partial charge on any atom is 0.241 e. The van der Waals surface area contributed by atoms with Gasteiger partial charge in [0.05, 0.1) is 12.6 Å². The quantitative estimate of drug-likeness (QED) is 0.749. The smallest absolute Gasteiger partial charge is 0.241 e. The summed E-state index contributed by atoms with van der Waals surface area (Å²) in [5, 5.41) is 21.8. The summed E-state index contributed by atoms with van der Waals surface area (Å²) < 4.78 is 12.7. The third kappa shape index (κ3) is 3.68. The number of carbonyl (C=O) groups excluding carboxylic acids is 1. The third-order valence-corrected chi connectivity index (χ3v) is 3.60. The summed E-state index contributed by atoms with van der Waals surface area (Å²) in [5.41, 5.74) is 0.672. The van der Waals surface area contributed by atoms with Crippen molar-refractivity contribution in [3.05, 3.63) is 30.1 Å². The molecule has 5 nitrogen and oxygen atoms in total. The van der Waals surface area contributed by atoms with Gasteiger partial charge < -0.3 is 20.4 Å². The van der Waals surface area contributed by atoms with Gasteiger partial charge in [-0.25, -0.2) is 4.39 Å². The lowest BCUT2D eigenvalue weighted by molar-refractivity contribution is -0.134. The summed E-state index contributed by atoms with van der Waals surface area (Å²) in [4.78, 5) is 13.6. The molecule has 110 valence electrons. The highest BCUT2D eigenvalue weighted by Gasteiger charge is 2.29. The van der Waals surface area contributed by atoms with E-state index in [1.807, 2.05) is 0 Å². The van der Waals surface area contributed by atoms with Crippen molar-refractivity contribution in [2.45, 2.75) is 12.5 Å². The Balaban J connectivity index is 1.82. The number of piperidine rings is 1. The normalized spacial score (nSPS) is 22.6. The van der Waals surface area contributed by atoms with E-state index in [0.29, 0.717) is 18.7 Å². The Labute approximate surface area is 117 Å². The molecule has 0 aromatic heterocycles. The largest absolute Gasteiger partial charge is 0.396 e. The Kier molecular flexibility index (Phi) is 4.92. The third-order valence-electron chi connectivity index (χ3n) is 3.60. The fraction of sp³-hybridized carbons (Fsp3) is 0.500. The van der Waals surface area contributed by atoms with E-state index in [9.17, 15) is 14.3 Å². The first-order valence-corrected chi connectivity index (χ1v) is 6.66. The summed E-state index contributed by atoms with van der Waals surface area (Å²) in [6.45, 7) is 0.820. The molecule has 1 heterocycles. The Morgan fingerprint density at radius 3 is 2.70 bits per heavy atom. The minimum Gasteiger partial charge on any atom is -0.396 e. The first-order valence-electron chi connectivity index (χ1n) is 6.66. The molecule has 0 saturated carbocycles. The maximum atomic E-state index is 12.7. The second-order valence-corrected chi connectivity index (χ2v) is 5.00. The summed E-state index contributed by atoms with van der Waals surface area (Å²) in [5.74, 6) is -0.593. The minimum absolute atomic E-state index is 0.0585. The molecule has 1 aliphatic rings. The lowest BCUT2D eigenvalue weighted by atomic mass is 9.95. The van der Waals surface area contributed by atoms with Crippen LogP contribution in [0.15, 0.2) is 24.3 Å².